The molecule has 0 saturated carbocycles. The standard InChI is InChI=1S/C15H23N3O3/c1-10-9-12(7-8-13(10)21-3)5-4-6-14(19)17-11(2)15(20)18-16/h7-9,11H,4-6,16H2,1-3H3,(H,17,19)(H,18,20)/t11-/m1/s1. The molecule has 0 aliphatic heterocycles. The van der Waals surface area contributed by atoms with E-state index >= 15 is 0 Å². The zero-order valence-corrected chi connectivity index (χ0v) is 12.7. The summed E-state index contributed by atoms with van der Waals surface area (Å²) in [6.07, 6.45) is 1.89. The van der Waals surface area contributed by atoms with Crippen LogP contribution in [-0.2, 0) is 16.0 Å². The lowest BCUT2D eigenvalue weighted by atomic mass is 10.0. The first-order valence-corrected chi connectivity index (χ1v) is 6.91. The SMILES string of the molecule is COc1ccc(CCCC(=O)N[C@H](C)C(=O)NN)cc1C. The highest BCUT2D eigenvalue weighted by atomic mass is 16.5. The van der Waals surface area contributed by atoms with Crippen LogP contribution in [0.3, 0.4) is 0 Å². The number of nitrogens with one attached hydrogen (secondary N) is 2. The van der Waals surface area contributed by atoms with Crippen LogP contribution in [0.4, 0.5) is 0 Å². The second-order valence-electron chi connectivity index (χ2n) is 4.96. The molecule has 0 spiro atoms. The van der Waals surface area contributed by atoms with E-state index in [1.807, 2.05) is 24.5 Å². The lowest BCUT2D eigenvalue weighted by molar-refractivity contribution is -0.128. The first-order chi connectivity index (χ1) is 9.97. The van der Waals surface area contributed by atoms with Gasteiger partial charge in [-0.2, -0.15) is 0 Å². The summed E-state index contributed by atoms with van der Waals surface area (Å²) in [5.41, 5.74) is 4.24. The van der Waals surface area contributed by atoms with E-state index in [1.165, 1.54) is 0 Å². The minimum Gasteiger partial charge on any atom is -0.496 e. The summed E-state index contributed by atoms with van der Waals surface area (Å²) in [7, 11) is 1.64. The number of benzene rings is 1. The van der Waals surface area contributed by atoms with Crippen LogP contribution in [0.1, 0.15) is 30.9 Å². The zero-order chi connectivity index (χ0) is 15.8. The molecule has 0 radical (unpaired) electrons. The average Bonchev–Trinajstić information content (AvgIpc) is 2.46. The van der Waals surface area contributed by atoms with Crippen molar-refractivity contribution in [2.24, 2.45) is 5.84 Å². The quantitative estimate of drug-likeness (QED) is 0.394. The van der Waals surface area contributed by atoms with Crippen molar-refractivity contribution in [3.05, 3.63) is 29.3 Å². The Balaban J connectivity index is 2.38. The molecule has 0 aliphatic carbocycles. The van der Waals surface area contributed by atoms with Gasteiger partial charge < -0.3 is 10.1 Å². The van der Waals surface area contributed by atoms with Crippen LogP contribution in [0.2, 0.25) is 0 Å². The normalized spacial score (nSPS) is 11.6. The Hall–Kier alpha value is -2.08. The van der Waals surface area contributed by atoms with Gasteiger partial charge in [-0.3, -0.25) is 15.0 Å². The molecule has 6 heteroatoms. The molecule has 4 N–H and O–H groups in total. The van der Waals surface area contributed by atoms with E-state index in [0.717, 1.165) is 23.3 Å². The second-order valence-corrected chi connectivity index (χ2v) is 4.96. The van der Waals surface area contributed by atoms with Crippen molar-refractivity contribution in [1.82, 2.24) is 10.7 Å². The van der Waals surface area contributed by atoms with Crippen LogP contribution in [0.5, 0.6) is 5.75 Å². The molecule has 2 amide bonds. The van der Waals surface area contributed by atoms with E-state index < -0.39 is 11.9 Å². The molecule has 116 valence electrons. The third-order valence-electron chi connectivity index (χ3n) is 3.24. The second kappa shape index (κ2) is 8.26. The molecule has 0 heterocycles. The van der Waals surface area contributed by atoms with Gasteiger partial charge in [0.2, 0.25) is 5.91 Å². The van der Waals surface area contributed by atoms with E-state index in [4.69, 9.17) is 10.6 Å². The van der Waals surface area contributed by atoms with Crippen molar-refractivity contribution >= 4 is 11.8 Å². The maximum absolute atomic E-state index is 11.7. The summed E-state index contributed by atoms with van der Waals surface area (Å²) in [6.45, 7) is 3.58. The Labute approximate surface area is 125 Å². The zero-order valence-electron chi connectivity index (χ0n) is 12.7. The molecule has 6 nitrogen and oxygen atoms in total. The van der Waals surface area contributed by atoms with Crippen LogP contribution < -0.4 is 21.3 Å². The number of ether oxygens (including phenoxy) is 1. The molecule has 1 atom stereocenters. The van der Waals surface area contributed by atoms with Crippen molar-refractivity contribution < 1.29 is 14.3 Å². The summed E-state index contributed by atoms with van der Waals surface area (Å²) in [5, 5.41) is 2.60. The van der Waals surface area contributed by atoms with Gasteiger partial charge in [-0.1, -0.05) is 12.1 Å². The van der Waals surface area contributed by atoms with Gasteiger partial charge in [0, 0.05) is 6.42 Å². The number of carbonyl (C=O) groups excluding carboxylic acids is 2. The van der Waals surface area contributed by atoms with Gasteiger partial charge in [0.05, 0.1) is 7.11 Å². The highest BCUT2D eigenvalue weighted by Crippen LogP contribution is 2.19. The monoisotopic (exact) mass is 293 g/mol. The smallest absolute Gasteiger partial charge is 0.256 e. The molecule has 0 unspecified atom stereocenters. The summed E-state index contributed by atoms with van der Waals surface area (Å²) in [6, 6.07) is 5.36. The molecule has 1 aromatic carbocycles. The fraction of sp³-hybridized carbons (Fsp3) is 0.467. The third-order valence-corrected chi connectivity index (χ3v) is 3.24. The van der Waals surface area contributed by atoms with Gasteiger partial charge in [0.25, 0.3) is 5.91 Å². The molecular weight excluding hydrogens is 270 g/mol. The number of rotatable bonds is 7. The van der Waals surface area contributed by atoms with Crippen molar-refractivity contribution in [2.45, 2.75) is 39.2 Å². The predicted molar refractivity (Wildman–Crippen MR) is 80.6 cm³/mol. The van der Waals surface area contributed by atoms with Crippen molar-refractivity contribution in [1.29, 1.82) is 0 Å². The molecule has 0 bridgehead atoms. The average molecular weight is 293 g/mol. The first-order valence-electron chi connectivity index (χ1n) is 6.91. The number of nitrogens with two attached hydrogens (primary N) is 1. The van der Waals surface area contributed by atoms with Gasteiger partial charge in [-0.25, -0.2) is 5.84 Å². The Morgan fingerprint density at radius 3 is 2.67 bits per heavy atom. The summed E-state index contributed by atoms with van der Waals surface area (Å²) in [5.74, 6) is 5.30. The predicted octanol–water partition coefficient (Wildman–Crippen LogP) is 0.821. The summed E-state index contributed by atoms with van der Waals surface area (Å²) >= 11 is 0. The highest BCUT2D eigenvalue weighted by molar-refractivity contribution is 5.86. The maximum atomic E-state index is 11.7. The molecule has 1 aromatic rings. The largest absolute Gasteiger partial charge is 0.496 e. The minimum absolute atomic E-state index is 0.156. The lowest BCUT2D eigenvalue weighted by Crippen LogP contribution is -2.47. The molecule has 0 aliphatic rings. The summed E-state index contributed by atoms with van der Waals surface area (Å²) < 4.78 is 5.21. The molecule has 0 fully saturated rings. The Bertz CT molecular complexity index is 503. The van der Waals surface area contributed by atoms with Gasteiger partial charge in [-0.15, -0.1) is 0 Å². The molecular formula is C15H23N3O3. The number of carbonyl (C=O) groups is 2. The number of hydrazine groups is 1. The number of hydrogen-bond donors (Lipinski definition) is 3. The fourth-order valence-electron chi connectivity index (χ4n) is 2.05. The van der Waals surface area contributed by atoms with Crippen molar-refractivity contribution in [2.75, 3.05) is 7.11 Å². The first kappa shape index (κ1) is 17.0. The van der Waals surface area contributed by atoms with Crippen molar-refractivity contribution in [3.8, 4) is 5.75 Å². The van der Waals surface area contributed by atoms with E-state index in [9.17, 15) is 9.59 Å². The molecule has 1 rings (SSSR count). The Kier molecular flexibility index (Phi) is 6.68. The maximum Gasteiger partial charge on any atom is 0.256 e. The number of methoxy groups -OCH3 is 1. The molecule has 0 saturated heterocycles. The van der Waals surface area contributed by atoms with Crippen LogP contribution in [0.15, 0.2) is 18.2 Å². The van der Waals surface area contributed by atoms with Crippen LogP contribution in [-0.4, -0.2) is 25.0 Å². The fourth-order valence-corrected chi connectivity index (χ4v) is 2.05. The number of amides is 2. The lowest BCUT2D eigenvalue weighted by Gasteiger charge is -2.12. The number of aryl methyl sites for hydroxylation is 2. The Morgan fingerprint density at radius 1 is 1.38 bits per heavy atom. The molecule has 21 heavy (non-hydrogen) atoms. The van der Waals surface area contributed by atoms with E-state index in [0.29, 0.717) is 12.8 Å². The van der Waals surface area contributed by atoms with E-state index in [-0.39, 0.29) is 5.91 Å². The van der Waals surface area contributed by atoms with Gasteiger partial charge in [-0.05, 0) is 43.9 Å². The summed E-state index contributed by atoms with van der Waals surface area (Å²) in [4.78, 5) is 22.9. The minimum atomic E-state index is -0.620. The van der Waals surface area contributed by atoms with Crippen LogP contribution in [0.25, 0.3) is 0 Å². The third kappa shape index (κ3) is 5.43. The Morgan fingerprint density at radius 2 is 2.10 bits per heavy atom. The van der Waals surface area contributed by atoms with Crippen molar-refractivity contribution in [3.63, 3.8) is 0 Å². The van der Waals surface area contributed by atoms with Gasteiger partial charge in [0.1, 0.15) is 11.8 Å². The van der Waals surface area contributed by atoms with E-state index in [1.54, 1.807) is 14.0 Å². The highest BCUT2D eigenvalue weighted by Gasteiger charge is 2.13. The topological polar surface area (TPSA) is 93.4 Å². The van der Waals surface area contributed by atoms with E-state index in [2.05, 4.69) is 11.4 Å². The van der Waals surface area contributed by atoms with Gasteiger partial charge >= 0.3 is 0 Å². The molecule has 0 aromatic heterocycles. The van der Waals surface area contributed by atoms with Gasteiger partial charge in [0.15, 0.2) is 0 Å². The van der Waals surface area contributed by atoms with Crippen LogP contribution in [0, 0.1) is 6.92 Å². The van der Waals surface area contributed by atoms with Crippen LogP contribution >= 0.6 is 0 Å². The number of hydrogen-bond acceptors (Lipinski definition) is 4.